The van der Waals surface area contributed by atoms with E-state index < -0.39 is 0 Å². The summed E-state index contributed by atoms with van der Waals surface area (Å²) in [5, 5.41) is 6.15. The highest BCUT2D eigenvalue weighted by molar-refractivity contribution is 5.81. The summed E-state index contributed by atoms with van der Waals surface area (Å²) in [7, 11) is 0. The molecule has 21 heavy (non-hydrogen) atoms. The number of para-hydroxylation sites is 1. The molecule has 0 saturated carbocycles. The fourth-order valence-electron chi connectivity index (χ4n) is 2.35. The second-order valence-electron chi connectivity index (χ2n) is 5.39. The number of carbonyl (C=O) groups is 1. The number of anilines is 1. The van der Waals surface area contributed by atoms with Crippen LogP contribution < -0.4 is 10.6 Å². The summed E-state index contributed by atoms with van der Waals surface area (Å²) in [6.07, 6.45) is 0. The van der Waals surface area contributed by atoms with Gasteiger partial charge in [-0.25, -0.2) is 0 Å². The van der Waals surface area contributed by atoms with Crippen molar-refractivity contribution in [2.45, 2.75) is 27.3 Å². The topological polar surface area (TPSA) is 41.1 Å². The number of hydrogen-bond donors (Lipinski definition) is 2. The average Bonchev–Trinajstić information content (AvgIpc) is 2.45. The largest absolute Gasteiger partial charge is 0.376 e. The Morgan fingerprint density at radius 2 is 1.67 bits per heavy atom. The van der Waals surface area contributed by atoms with Gasteiger partial charge in [0.1, 0.15) is 0 Å². The van der Waals surface area contributed by atoms with Crippen molar-refractivity contribution in [1.29, 1.82) is 0 Å². The number of hydrogen-bond acceptors (Lipinski definition) is 2. The van der Waals surface area contributed by atoms with E-state index in [0.29, 0.717) is 6.54 Å². The van der Waals surface area contributed by atoms with Crippen molar-refractivity contribution in [1.82, 2.24) is 5.32 Å². The number of rotatable bonds is 5. The lowest BCUT2D eigenvalue weighted by Gasteiger charge is -2.12. The number of benzene rings is 2. The van der Waals surface area contributed by atoms with Gasteiger partial charge in [-0.1, -0.05) is 48.0 Å². The summed E-state index contributed by atoms with van der Waals surface area (Å²) >= 11 is 0. The van der Waals surface area contributed by atoms with E-state index in [1.807, 2.05) is 57.2 Å². The van der Waals surface area contributed by atoms with Crippen molar-refractivity contribution in [3.05, 3.63) is 64.7 Å². The maximum absolute atomic E-state index is 11.9. The van der Waals surface area contributed by atoms with Gasteiger partial charge in [-0.2, -0.15) is 0 Å². The van der Waals surface area contributed by atoms with E-state index in [1.54, 1.807) is 0 Å². The van der Waals surface area contributed by atoms with Crippen LogP contribution in [-0.2, 0) is 11.3 Å². The Morgan fingerprint density at radius 3 is 2.33 bits per heavy atom. The zero-order valence-corrected chi connectivity index (χ0v) is 12.9. The van der Waals surface area contributed by atoms with Crippen LogP contribution in [0.3, 0.4) is 0 Å². The van der Waals surface area contributed by atoms with Crippen LogP contribution in [0.25, 0.3) is 0 Å². The highest BCUT2D eigenvalue weighted by atomic mass is 16.1. The molecule has 0 aliphatic carbocycles. The van der Waals surface area contributed by atoms with E-state index in [-0.39, 0.29) is 12.5 Å². The highest BCUT2D eigenvalue weighted by Gasteiger charge is 2.05. The summed E-state index contributed by atoms with van der Waals surface area (Å²) in [5.74, 6) is -0.000779. The molecule has 0 spiro atoms. The Morgan fingerprint density at radius 1 is 1.00 bits per heavy atom. The molecule has 2 aromatic carbocycles. The van der Waals surface area contributed by atoms with E-state index in [1.165, 1.54) is 5.56 Å². The lowest BCUT2D eigenvalue weighted by Crippen LogP contribution is -2.29. The monoisotopic (exact) mass is 282 g/mol. The van der Waals surface area contributed by atoms with Gasteiger partial charge in [0, 0.05) is 12.2 Å². The van der Waals surface area contributed by atoms with Crippen molar-refractivity contribution < 1.29 is 4.79 Å². The second-order valence-corrected chi connectivity index (χ2v) is 5.39. The van der Waals surface area contributed by atoms with Crippen LogP contribution in [0.5, 0.6) is 0 Å². The van der Waals surface area contributed by atoms with Gasteiger partial charge in [0.05, 0.1) is 6.54 Å². The van der Waals surface area contributed by atoms with Gasteiger partial charge < -0.3 is 10.6 Å². The van der Waals surface area contributed by atoms with Crippen LogP contribution >= 0.6 is 0 Å². The molecule has 0 fully saturated rings. The second kappa shape index (κ2) is 6.93. The minimum atomic E-state index is -0.000779. The molecule has 2 N–H and O–H groups in total. The molecule has 0 unspecified atom stereocenters. The Bertz CT molecular complexity index is 615. The summed E-state index contributed by atoms with van der Waals surface area (Å²) in [5.41, 5.74) is 5.68. The zero-order chi connectivity index (χ0) is 15.2. The van der Waals surface area contributed by atoms with Crippen LogP contribution in [0, 0.1) is 20.8 Å². The van der Waals surface area contributed by atoms with Gasteiger partial charge >= 0.3 is 0 Å². The molecule has 0 aromatic heterocycles. The number of amides is 1. The van der Waals surface area contributed by atoms with Gasteiger partial charge in [-0.15, -0.1) is 0 Å². The molecule has 1 amide bonds. The first kappa shape index (κ1) is 15.1. The minimum absolute atomic E-state index is 0.000779. The molecule has 0 saturated heterocycles. The Labute approximate surface area is 126 Å². The van der Waals surface area contributed by atoms with Crippen LogP contribution in [0.4, 0.5) is 5.69 Å². The SMILES string of the molecule is Cc1cccc(CNC(=O)CNc2c(C)cccc2C)c1. The van der Waals surface area contributed by atoms with Gasteiger partial charge in [0.2, 0.25) is 5.91 Å². The zero-order valence-electron chi connectivity index (χ0n) is 12.9. The maximum atomic E-state index is 11.9. The predicted octanol–water partition coefficient (Wildman–Crippen LogP) is 3.34. The first-order valence-corrected chi connectivity index (χ1v) is 7.18. The van der Waals surface area contributed by atoms with Gasteiger partial charge in [0.25, 0.3) is 0 Å². The van der Waals surface area contributed by atoms with Crippen molar-refractivity contribution in [2.24, 2.45) is 0 Å². The first-order valence-electron chi connectivity index (χ1n) is 7.18. The third-order valence-electron chi connectivity index (χ3n) is 3.48. The fraction of sp³-hybridized carbons (Fsp3) is 0.278. The predicted molar refractivity (Wildman–Crippen MR) is 87.4 cm³/mol. The molecule has 0 bridgehead atoms. The van der Waals surface area contributed by atoms with Crippen molar-refractivity contribution >= 4 is 11.6 Å². The number of nitrogens with one attached hydrogen (secondary N) is 2. The van der Waals surface area contributed by atoms with Crippen LogP contribution in [0.2, 0.25) is 0 Å². The fourth-order valence-corrected chi connectivity index (χ4v) is 2.35. The lowest BCUT2D eigenvalue weighted by atomic mass is 10.1. The van der Waals surface area contributed by atoms with Crippen LogP contribution in [0.15, 0.2) is 42.5 Å². The normalized spacial score (nSPS) is 10.2. The van der Waals surface area contributed by atoms with E-state index in [0.717, 1.165) is 22.4 Å². The molecule has 2 aromatic rings. The standard InChI is InChI=1S/C18H22N2O/c1-13-6-4-9-16(10-13)11-19-17(21)12-20-18-14(2)7-5-8-15(18)3/h4-10,20H,11-12H2,1-3H3,(H,19,21). The Balaban J connectivity index is 1.85. The number of aryl methyl sites for hydroxylation is 3. The smallest absolute Gasteiger partial charge is 0.239 e. The molecule has 0 radical (unpaired) electrons. The van der Waals surface area contributed by atoms with Crippen molar-refractivity contribution in [2.75, 3.05) is 11.9 Å². The average molecular weight is 282 g/mol. The molecular weight excluding hydrogens is 260 g/mol. The molecule has 0 aliphatic heterocycles. The lowest BCUT2D eigenvalue weighted by molar-refractivity contribution is -0.119. The van der Waals surface area contributed by atoms with E-state index in [4.69, 9.17) is 0 Å². The molecule has 0 heterocycles. The molecule has 0 aliphatic rings. The van der Waals surface area contributed by atoms with E-state index in [2.05, 4.69) is 16.7 Å². The van der Waals surface area contributed by atoms with Crippen LogP contribution in [-0.4, -0.2) is 12.5 Å². The summed E-state index contributed by atoms with van der Waals surface area (Å²) in [6.45, 7) is 6.99. The van der Waals surface area contributed by atoms with Crippen molar-refractivity contribution in [3.8, 4) is 0 Å². The molecular formula is C18H22N2O. The Kier molecular flexibility index (Phi) is 4.99. The third kappa shape index (κ3) is 4.35. The van der Waals surface area contributed by atoms with Crippen molar-refractivity contribution in [3.63, 3.8) is 0 Å². The van der Waals surface area contributed by atoms with Gasteiger partial charge in [0.15, 0.2) is 0 Å². The van der Waals surface area contributed by atoms with E-state index >= 15 is 0 Å². The highest BCUT2D eigenvalue weighted by Crippen LogP contribution is 2.18. The summed E-state index contributed by atoms with van der Waals surface area (Å²) in [4.78, 5) is 11.9. The number of carbonyl (C=O) groups excluding carboxylic acids is 1. The minimum Gasteiger partial charge on any atom is -0.376 e. The molecule has 3 heteroatoms. The van der Waals surface area contributed by atoms with E-state index in [9.17, 15) is 4.79 Å². The van der Waals surface area contributed by atoms with Gasteiger partial charge in [-0.3, -0.25) is 4.79 Å². The molecule has 3 nitrogen and oxygen atoms in total. The summed E-state index contributed by atoms with van der Waals surface area (Å²) in [6, 6.07) is 14.3. The maximum Gasteiger partial charge on any atom is 0.239 e. The quantitative estimate of drug-likeness (QED) is 0.883. The first-order chi connectivity index (χ1) is 10.1. The molecule has 2 rings (SSSR count). The third-order valence-corrected chi connectivity index (χ3v) is 3.48. The molecule has 0 atom stereocenters. The van der Waals surface area contributed by atoms with Crippen LogP contribution in [0.1, 0.15) is 22.3 Å². The molecule has 110 valence electrons. The Hall–Kier alpha value is -2.29. The van der Waals surface area contributed by atoms with Gasteiger partial charge in [-0.05, 0) is 37.5 Å². The summed E-state index contributed by atoms with van der Waals surface area (Å²) < 4.78 is 0.